The molecule has 0 aromatic carbocycles. The van der Waals surface area contributed by atoms with Crippen LogP contribution in [0, 0.1) is 0 Å². The van der Waals surface area contributed by atoms with E-state index in [0.29, 0.717) is 0 Å². The Labute approximate surface area is 119 Å². The first-order chi connectivity index (χ1) is 9.90. The first kappa shape index (κ1) is 12.1. The Morgan fingerprint density at radius 2 is 2.20 bits per heavy atom. The van der Waals surface area contributed by atoms with Gasteiger partial charge < -0.3 is 14.5 Å². The Morgan fingerprint density at radius 1 is 1.25 bits per heavy atom. The summed E-state index contributed by atoms with van der Waals surface area (Å²) < 4.78 is 4.60. The molecule has 0 radical (unpaired) electrons. The van der Waals surface area contributed by atoms with Crippen LogP contribution in [0.15, 0.2) is 18.3 Å². The van der Waals surface area contributed by atoms with Gasteiger partial charge in [-0.1, -0.05) is 0 Å². The summed E-state index contributed by atoms with van der Waals surface area (Å²) in [5.74, 6) is 2.26. The third kappa shape index (κ3) is 2.38. The van der Waals surface area contributed by atoms with Crippen LogP contribution in [0.5, 0.6) is 0 Å². The third-order valence-corrected chi connectivity index (χ3v) is 4.32. The van der Waals surface area contributed by atoms with Crippen LogP contribution in [0.25, 0.3) is 0 Å². The van der Waals surface area contributed by atoms with E-state index in [2.05, 4.69) is 43.0 Å². The van der Waals surface area contributed by atoms with Gasteiger partial charge in [0, 0.05) is 37.4 Å². The quantitative estimate of drug-likeness (QED) is 0.900. The van der Waals surface area contributed by atoms with Crippen molar-refractivity contribution in [2.24, 2.45) is 0 Å². The molecular formula is C15H21N5. The lowest BCUT2D eigenvalue weighted by molar-refractivity contribution is 0.499. The first-order valence-corrected chi connectivity index (χ1v) is 7.68. The number of rotatable bonds is 5. The summed E-state index contributed by atoms with van der Waals surface area (Å²) in [6.45, 7) is 2.87. The van der Waals surface area contributed by atoms with Crippen molar-refractivity contribution in [1.29, 1.82) is 0 Å². The largest absolute Gasteiger partial charge is 0.343 e. The summed E-state index contributed by atoms with van der Waals surface area (Å²) in [5, 5.41) is 12.3. The zero-order valence-corrected chi connectivity index (χ0v) is 11.8. The molecule has 0 bridgehead atoms. The SMILES string of the molecule is c1cc(CNC2CC2)n(Cc2nnc3n2CCCC3)c1. The van der Waals surface area contributed by atoms with Crippen molar-refractivity contribution in [2.75, 3.05) is 0 Å². The average molecular weight is 271 g/mol. The minimum Gasteiger partial charge on any atom is -0.343 e. The third-order valence-electron chi connectivity index (χ3n) is 4.32. The van der Waals surface area contributed by atoms with Crippen molar-refractivity contribution in [1.82, 2.24) is 24.6 Å². The first-order valence-electron chi connectivity index (χ1n) is 7.68. The van der Waals surface area contributed by atoms with Gasteiger partial charge >= 0.3 is 0 Å². The van der Waals surface area contributed by atoms with Crippen molar-refractivity contribution in [3.8, 4) is 0 Å². The monoisotopic (exact) mass is 271 g/mol. The molecule has 4 rings (SSSR count). The van der Waals surface area contributed by atoms with Gasteiger partial charge in [0.15, 0.2) is 5.82 Å². The molecule has 20 heavy (non-hydrogen) atoms. The molecular weight excluding hydrogens is 250 g/mol. The number of nitrogens with zero attached hydrogens (tertiary/aromatic N) is 4. The predicted octanol–water partition coefficient (Wildman–Crippen LogP) is 1.72. The number of hydrogen-bond donors (Lipinski definition) is 1. The van der Waals surface area contributed by atoms with Gasteiger partial charge in [-0.05, 0) is 37.8 Å². The number of aromatic nitrogens is 4. The van der Waals surface area contributed by atoms with E-state index < -0.39 is 0 Å². The molecule has 3 heterocycles. The lowest BCUT2D eigenvalue weighted by Crippen LogP contribution is -2.19. The zero-order valence-electron chi connectivity index (χ0n) is 11.8. The van der Waals surface area contributed by atoms with Crippen molar-refractivity contribution in [3.05, 3.63) is 35.7 Å². The number of nitrogens with one attached hydrogen (secondary N) is 1. The number of hydrogen-bond acceptors (Lipinski definition) is 3. The summed E-state index contributed by atoms with van der Waals surface area (Å²) >= 11 is 0. The highest BCUT2D eigenvalue weighted by Gasteiger charge is 2.21. The molecule has 0 atom stereocenters. The summed E-state index contributed by atoms with van der Waals surface area (Å²) in [5.41, 5.74) is 1.34. The van der Waals surface area contributed by atoms with E-state index in [-0.39, 0.29) is 0 Å². The molecule has 1 aliphatic carbocycles. The van der Waals surface area contributed by atoms with Gasteiger partial charge in [0.25, 0.3) is 0 Å². The van der Waals surface area contributed by atoms with Crippen LogP contribution in [0.2, 0.25) is 0 Å². The second kappa shape index (κ2) is 5.05. The summed E-state index contributed by atoms with van der Waals surface area (Å²) in [6.07, 6.45) is 8.39. The van der Waals surface area contributed by atoms with Crippen molar-refractivity contribution in [3.63, 3.8) is 0 Å². The Hall–Kier alpha value is -1.62. The van der Waals surface area contributed by atoms with Gasteiger partial charge in [0.2, 0.25) is 0 Å². The highest BCUT2D eigenvalue weighted by atomic mass is 15.3. The fraction of sp³-hybridized carbons (Fsp3) is 0.600. The molecule has 1 saturated carbocycles. The molecule has 0 unspecified atom stereocenters. The fourth-order valence-electron chi connectivity index (χ4n) is 2.94. The second-order valence-corrected chi connectivity index (χ2v) is 5.92. The molecule has 1 N–H and O–H groups in total. The molecule has 2 aliphatic rings. The number of aryl methyl sites for hydroxylation is 1. The summed E-state index contributed by atoms with van der Waals surface area (Å²) in [6, 6.07) is 5.07. The highest BCUT2D eigenvalue weighted by Crippen LogP contribution is 2.20. The molecule has 0 amide bonds. The van der Waals surface area contributed by atoms with E-state index in [0.717, 1.165) is 43.7 Å². The molecule has 0 spiro atoms. The average Bonchev–Trinajstić information content (AvgIpc) is 3.07. The van der Waals surface area contributed by atoms with Crippen molar-refractivity contribution in [2.45, 2.75) is 57.8 Å². The lowest BCUT2D eigenvalue weighted by Gasteiger charge is -2.16. The van der Waals surface area contributed by atoms with E-state index in [1.165, 1.54) is 31.4 Å². The summed E-state index contributed by atoms with van der Waals surface area (Å²) in [7, 11) is 0. The topological polar surface area (TPSA) is 47.7 Å². The van der Waals surface area contributed by atoms with Crippen LogP contribution in [-0.4, -0.2) is 25.4 Å². The lowest BCUT2D eigenvalue weighted by atomic mass is 10.2. The Kier molecular flexibility index (Phi) is 3.07. The van der Waals surface area contributed by atoms with Crippen LogP contribution in [-0.2, 0) is 26.1 Å². The smallest absolute Gasteiger partial charge is 0.153 e. The van der Waals surface area contributed by atoms with Gasteiger partial charge in [-0.3, -0.25) is 0 Å². The van der Waals surface area contributed by atoms with Crippen molar-refractivity contribution >= 4 is 0 Å². The van der Waals surface area contributed by atoms with E-state index in [4.69, 9.17) is 0 Å². The van der Waals surface area contributed by atoms with E-state index >= 15 is 0 Å². The molecule has 106 valence electrons. The predicted molar refractivity (Wildman–Crippen MR) is 76.4 cm³/mol. The molecule has 5 nitrogen and oxygen atoms in total. The zero-order chi connectivity index (χ0) is 13.4. The second-order valence-electron chi connectivity index (χ2n) is 5.92. The van der Waals surface area contributed by atoms with E-state index in [1.54, 1.807) is 0 Å². The van der Waals surface area contributed by atoms with Gasteiger partial charge in [-0.2, -0.15) is 0 Å². The minimum atomic E-state index is 0.749. The van der Waals surface area contributed by atoms with Crippen molar-refractivity contribution < 1.29 is 0 Å². The molecule has 2 aromatic heterocycles. The van der Waals surface area contributed by atoms with Crippen LogP contribution in [0.4, 0.5) is 0 Å². The Balaban J connectivity index is 1.50. The minimum absolute atomic E-state index is 0.749. The molecule has 1 fully saturated rings. The van der Waals surface area contributed by atoms with Crippen LogP contribution in [0.1, 0.15) is 43.0 Å². The molecule has 1 aliphatic heterocycles. The fourth-order valence-corrected chi connectivity index (χ4v) is 2.94. The normalized spacial score (nSPS) is 18.2. The van der Waals surface area contributed by atoms with Crippen LogP contribution in [0.3, 0.4) is 0 Å². The maximum atomic E-state index is 4.39. The maximum absolute atomic E-state index is 4.39. The highest BCUT2D eigenvalue weighted by molar-refractivity contribution is 5.10. The maximum Gasteiger partial charge on any atom is 0.153 e. The van der Waals surface area contributed by atoms with E-state index in [9.17, 15) is 0 Å². The van der Waals surface area contributed by atoms with Gasteiger partial charge in [-0.25, -0.2) is 0 Å². The Bertz CT molecular complexity index is 593. The van der Waals surface area contributed by atoms with Gasteiger partial charge in [0.05, 0.1) is 6.54 Å². The summed E-state index contributed by atoms with van der Waals surface area (Å²) in [4.78, 5) is 0. The molecule has 2 aromatic rings. The van der Waals surface area contributed by atoms with Crippen LogP contribution >= 0.6 is 0 Å². The van der Waals surface area contributed by atoms with Gasteiger partial charge in [-0.15, -0.1) is 10.2 Å². The molecule has 5 heteroatoms. The molecule has 0 saturated heterocycles. The number of fused-ring (bicyclic) bond motifs is 1. The standard InChI is InChI=1S/C15H21N5/c1-2-9-20-14(5-1)17-18-15(20)11-19-8-3-4-13(19)10-16-12-6-7-12/h3-4,8,12,16H,1-2,5-7,9-11H2. The van der Waals surface area contributed by atoms with Crippen LogP contribution < -0.4 is 5.32 Å². The van der Waals surface area contributed by atoms with E-state index in [1.807, 2.05) is 0 Å². The van der Waals surface area contributed by atoms with Gasteiger partial charge in [0.1, 0.15) is 5.82 Å². The Morgan fingerprint density at radius 3 is 3.10 bits per heavy atom.